The second-order valence-corrected chi connectivity index (χ2v) is 8.39. The standard InChI is InChI=1S/C30H19N3/c1-2-8-22-21(7-1)17-31-18-27(22)19-13-15-20(16-14-19)30-32-28-25-11-5-3-9-23(25)24-10-4-6-12-26(24)29(28)33-30/h1-18H,(H,32,33). The van der Waals surface area contributed by atoms with Gasteiger partial charge in [0.05, 0.1) is 11.0 Å². The summed E-state index contributed by atoms with van der Waals surface area (Å²) in [5.41, 5.74) is 5.45. The number of aromatic nitrogens is 3. The van der Waals surface area contributed by atoms with Crippen LogP contribution >= 0.6 is 0 Å². The molecule has 0 aliphatic heterocycles. The first-order chi connectivity index (χ1) is 16.4. The van der Waals surface area contributed by atoms with Gasteiger partial charge in [-0.05, 0) is 21.7 Å². The number of fused-ring (bicyclic) bond motifs is 7. The van der Waals surface area contributed by atoms with Crippen molar-refractivity contribution in [2.45, 2.75) is 0 Å². The molecule has 5 aromatic carbocycles. The Hall–Kier alpha value is -4.50. The highest BCUT2D eigenvalue weighted by molar-refractivity contribution is 6.23. The fourth-order valence-corrected chi connectivity index (χ4v) is 4.91. The molecule has 0 fully saturated rings. The quantitative estimate of drug-likeness (QED) is 0.290. The zero-order valence-corrected chi connectivity index (χ0v) is 17.8. The van der Waals surface area contributed by atoms with Gasteiger partial charge in [-0.3, -0.25) is 4.98 Å². The molecule has 2 heterocycles. The third-order valence-electron chi connectivity index (χ3n) is 6.51. The van der Waals surface area contributed by atoms with E-state index in [0.717, 1.165) is 38.9 Å². The maximum Gasteiger partial charge on any atom is 0.138 e. The molecular formula is C30H19N3. The maximum absolute atomic E-state index is 5.05. The van der Waals surface area contributed by atoms with Crippen LogP contribution in [0, 0.1) is 0 Å². The molecule has 0 aliphatic rings. The van der Waals surface area contributed by atoms with Crippen molar-refractivity contribution >= 4 is 43.4 Å². The van der Waals surface area contributed by atoms with E-state index in [2.05, 4.69) is 101 Å². The van der Waals surface area contributed by atoms with Gasteiger partial charge in [0.1, 0.15) is 5.82 Å². The van der Waals surface area contributed by atoms with Crippen molar-refractivity contribution in [1.29, 1.82) is 0 Å². The molecule has 0 amide bonds. The largest absolute Gasteiger partial charge is 0.337 e. The lowest BCUT2D eigenvalue weighted by atomic mass is 10.00. The molecule has 3 heteroatoms. The highest BCUT2D eigenvalue weighted by Crippen LogP contribution is 2.35. The number of pyridine rings is 1. The molecule has 2 aromatic heterocycles. The van der Waals surface area contributed by atoms with E-state index in [4.69, 9.17) is 4.98 Å². The van der Waals surface area contributed by atoms with Crippen molar-refractivity contribution in [2.24, 2.45) is 0 Å². The summed E-state index contributed by atoms with van der Waals surface area (Å²) < 4.78 is 0. The summed E-state index contributed by atoms with van der Waals surface area (Å²) >= 11 is 0. The number of imidazole rings is 1. The van der Waals surface area contributed by atoms with E-state index in [9.17, 15) is 0 Å². The third kappa shape index (κ3) is 2.76. The van der Waals surface area contributed by atoms with Crippen molar-refractivity contribution in [3.05, 3.63) is 109 Å². The number of H-pyrrole nitrogens is 1. The SMILES string of the molecule is c1ccc2c(-c3ccc(-c4nc5c6ccccc6c6ccccc6c5[nH]4)cc3)cncc2c1. The van der Waals surface area contributed by atoms with E-state index in [1.807, 2.05) is 18.5 Å². The molecule has 3 nitrogen and oxygen atoms in total. The van der Waals surface area contributed by atoms with E-state index in [0.29, 0.717) is 0 Å². The molecular weight excluding hydrogens is 402 g/mol. The van der Waals surface area contributed by atoms with Gasteiger partial charge in [-0.2, -0.15) is 0 Å². The predicted molar refractivity (Wildman–Crippen MR) is 137 cm³/mol. The van der Waals surface area contributed by atoms with E-state index >= 15 is 0 Å². The van der Waals surface area contributed by atoms with E-state index in [1.54, 1.807) is 0 Å². The minimum absolute atomic E-state index is 0.883. The molecule has 154 valence electrons. The van der Waals surface area contributed by atoms with Crippen molar-refractivity contribution in [1.82, 2.24) is 15.0 Å². The van der Waals surface area contributed by atoms with E-state index < -0.39 is 0 Å². The first-order valence-electron chi connectivity index (χ1n) is 11.1. The Labute approximate surface area is 190 Å². The third-order valence-corrected chi connectivity index (χ3v) is 6.51. The molecule has 0 aliphatic carbocycles. The van der Waals surface area contributed by atoms with E-state index in [-0.39, 0.29) is 0 Å². The van der Waals surface area contributed by atoms with Crippen LogP contribution < -0.4 is 0 Å². The van der Waals surface area contributed by atoms with Crippen LogP contribution in [0.4, 0.5) is 0 Å². The van der Waals surface area contributed by atoms with Gasteiger partial charge >= 0.3 is 0 Å². The van der Waals surface area contributed by atoms with Gasteiger partial charge < -0.3 is 4.98 Å². The zero-order valence-electron chi connectivity index (χ0n) is 17.8. The van der Waals surface area contributed by atoms with Crippen molar-refractivity contribution in [3.63, 3.8) is 0 Å². The minimum Gasteiger partial charge on any atom is -0.337 e. The summed E-state index contributed by atoms with van der Waals surface area (Å²) in [5.74, 6) is 0.883. The highest BCUT2D eigenvalue weighted by Gasteiger charge is 2.13. The summed E-state index contributed by atoms with van der Waals surface area (Å²) in [6.45, 7) is 0. The number of hydrogen-bond acceptors (Lipinski definition) is 2. The summed E-state index contributed by atoms with van der Waals surface area (Å²) in [6, 6.07) is 34.0. The van der Waals surface area contributed by atoms with Gasteiger partial charge in [0, 0.05) is 39.7 Å². The highest BCUT2D eigenvalue weighted by atomic mass is 14.9. The number of benzene rings is 5. The summed E-state index contributed by atoms with van der Waals surface area (Å²) in [6.07, 6.45) is 3.85. The Morgan fingerprint density at radius 2 is 1.12 bits per heavy atom. The van der Waals surface area contributed by atoms with Gasteiger partial charge in [-0.15, -0.1) is 0 Å². The number of hydrogen-bond donors (Lipinski definition) is 1. The lowest BCUT2D eigenvalue weighted by molar-refractivity contribution is 1.34. The molecule has 0 bridgehead atoms. The first kappa shape index (κ1) is 18.1. The Morgan fingerprint density at radius 3 is 1.91 bits per heavy atom. The summed E-state index contributed by atoms with van der Waals surface area (Å²) in [7, 11) is 0. The second kappa shape index (κ2) is 7.01. The van der Waals surface area contributed by atoms with Crippen LogP contribution in [0.25, 0.3) is 65.9 Å². The van der Waals surface area contributed by atoms with Crippen molar-refractivity contribution in [3.8, 4) is 22.5 Å². The van der Waals surface area contributed by atoms with Crippen LogP contribution in [-0.4, -0.2) is 15.0 Å². The molecule has 1 N–H and O–H groups in total. The molecule has 7 aromatic rings. The van der Waals surface area contributed by atoms with Gasteiger partial charge in [-0.1, -0.05) is 97.1 Å². The Balaban J connectivity index is 1.40. The topological polar surface area (TPSA) is 41.6 Å². The smallest absolute Gasteiger partial charge is 0.138 e. The average Bonchev–Trinajstić information content (AvgIpc) is 3.35. The lowest BCUT2D eigenvalue weighted by Gasteiger charge is -2.07. The predicted octanol–water partition coefficient (Wildman–Crippen LogP) is 7.75. The van der Waals surface area contributed by atoms with Gasteiger partial charge in [-0.25, -0.2) is 4.98 Å². The summed E-state index contributed by atoms with van der Waals surface area (Å²) in [4.78, 5) is 13.1. The molecule has 0 atom stereocenters. The molecule has 7 rings (SSSR count). The van der Waals surface area contributed by atoms with Crippen LogP contribution in [0.5, 0.6) is 0 Å². The molecule has 0 spiro atoms. The van der Waals surface area contributed by atoms with E-state index in [1.165, 1.54) is 26.9 Å². The molecule has 0 saturated carbocycles. The van der Waals surface area contributed by atoms with Crippen LogP contribution in [0.3, 0.4) is 0 Å². The average molecular weight is 422 g/mol. The van der Waals surface area contributed by atoms with Crippen LogP contribution in [0.1, 0.15) is 0 Å². The number of nitrogens with zero attached hydrogens (tertiary/aromatic N) is 2. The minimum atomic E-state index is 0.883. The number of aromatic amines is 1. The second-order valence-electron chi connectivity index (χ2n) is 8.39. The Kier molecular flexibility index (Phi) is 3.84. The molecule has 33 heavy (non-hydrogen) atoms. The fraction of sp³-hybridized carbons (Fsp3) is 0. The lowest BCUT2D eigenvalue weighted by Crippen LogP contribution is -1.85. The van der Waals surface area contributed by atoms with Gasteiger partial charge in [0.2, 0.25) is 0 Å². The molecule has 0 unspecified atom stereocenters. The van der Waals surface area contributed by atoms with Crippen LogP contribution in [-0.2, 0) is 0 Å². The monoisotopic (exact) mass is 421 g/mol. The molecule has 0 saturated heterocycles. The van der Waals surface area contributed by atoms with Gasteiger partial charge in [0.25, 0.3) is 0 Å². The number of nitrogens with one attached hydrogen (secondary N) is 1. The van der Waals surface area contributed by atoms with Gasteiger partial charge in [0.15, 0.2) is 0 Å². The molecule has 0 radical (unpaired) electrons. The Bertz CT molecular complexity index is 1730. The fourth-order valence-electron chi connectivity index (χ4n) is 4.91. The zero-order chi connectivity index (χ0) is 21.8. The summed E-state index contributed by atoms with van der Waals surface area (Å²) in [5, 5.41) is 7.21. The normalized spacial score (nSPS) is 11.6. The first-order valence-corrected chi connectivity index (χ1v) is 11.1. The maximum atomic E-state index is 5.05. The van der Waals surface area contributed by atoms with Crippen molar-refractivity contribution < 1.29 is 0 Å². The van der Waals surface area contributed by atoms with Crippen LogP contribution in [0.2, 0.25) is 0 Å². The van der Waals surface area contributed by atoms with Crippen molar-refractivity contribution in [2.75, 3.05) is 0 Å². The Morgan fingerprint density at radius 1 is 0.515 bits per heavy atom. The van der Waals surface area contributed by atoms with Crippen LogP contribution in [0.15, 0.2) is 109 Å². The number of rotatable bonds is 2.